The summed E-state index contributed by atoms with van der Waals surface area (Å²) in [6.07, 6.45) is 2.24. The van der Waals surface area contributed by atoms with Crippen molar-refractivity contribution in [2.75, 3.05) is 0 Å². The summed E-state index contributed by atoms with van der Waals surface area (Å²) in [6.45, 7) is 4.82. The molecule has 1 aromatic carbocycles. The average Bonchev–Trinajstić information content (AvgIpc) is 2.79. The van der Waals surface area contributed by atoms with Gasteiger partial charge < -0.3 is 5.73 Å². The first-order chi connectivity index (χ1) is 8.61. The van der Waals surface area contributed by atoms with Crippen LogP contribution in [0.4, 0.5) is 0 Å². The molecule has 1 unspecified atom stereocenters. The molecular weight excluding hydrogens is 248 g/mol. The lowest BCUT2D eigenvalue weighted by Crippen LogP contribution is -2.17. The second-order valence-electron chi connectivity index (χ2n) is 4.31. The van der Waals surface area contributed by atoms with Gasteiger partial charge in [0.25, 0.3) is 0 Å². The number of aryl methyl sites for hydroxylation is 2. The van der Waals surface area contributed by atoms with E-state index < -0.39 is 0 Å². The Labute approximate surface area is 112 Å². The van der Waals surface area contributed by atoms with E-state index >= 15 is 0 Å². The number of hydrogen-bond donors (Lipinski definition) is 1. The Hall–Kier alpha value is -1.39. The first kappa shape index (κ1) is 13.1. The molecule has 96 valence electrons. The normalized spacial score (nSPS) is 12.7. The van der Waals surface area contributed by atoms with Gasteiger partial charge in [-0.15, -0.1) is 0 Å². The molecule has 0 aliphatic heterocycles. The standard InChI is InChI=1S/C13H17ClN4/c1-3-18-13(16-8-17-18)7-12(15)10-4-5-11(14)9(2)6-10/h4-6,8,12H,3,7,15H2,1-2H3. The molecule has 0 saturated heterocycles. The molecular formula is C13H17ClN4. The van der Waals surface area contributed by atoms with E-state index in [9.17, 15) is 0 Å². The van der Waals surface area contributed by atoms with Crippen molar-refractivity contribution in [1.29, 1.82) is 0 Å². The van der Waals surface area contributed by atoms with Crippen LogP contribution in [0.15, 0.2) is 24.5 Å². The molecule has 2 rings (SSSR count). The van der Waals surface area contributed by atoms with Crippen LogP contribution in [0.25, 0.3) is 0 Å². The highest BCUT2D eigenvalue weighted by atomic mass is 35.5. The van der Waals surface area contributed by atoms with Crippen LogP contribution in [0.2, 0.25) is 5.02 Å². The maximum atomic E-state index is 6.20. The number of nitrogens with zero attached hydrogens (tertiary/aromatic N) is 3. The van der Waals surface area contributed by atoms with Crippen molar-refractivity contribution < 1.29 is 0 Å². The quantitative estimate of drug-likeness (QED) is 0.923. The molecule has 1 heterocycles. The van der Waals surface area contributed by atoms with Crippen molar-refractivity contribution >= 4 is 11.6 Å². The first-order valence-electron chi connectivity index (χ1n) is 6.00. The maximum Gasteiger partial charge on any atom is 0.138 e. The van der Waals surface area contributed by atoms with Crippen LogP contribution in [0, 0.1) is 6.92 Å². The van der Waals surface area contributed by atoms with E-state index in [2.05, 4.69) is 10.1 Å². The Morgan fingerprint density at radius 1 is 1.44 bits per heavy atom. The van der Waals surface area contributed by atoms with Crippen molar-refractivity contribution in [2.45, 2.75) is 32.9 Å². The molecule has 0 aliphatic rings. The average molecular weight is 265 g/mol. The summed E-state index contributed by atoms with van der Waals surface area (Å²) >= 11 is 6.01. The summed E-state index contributed by atoms with van der Waals surface area (Å²) in [5.41, 5.74) is 8.32. The zero-order chi connectivity index (χ0) is 13.1. The lowest BCUT2D eigenvalue weighted by molar-refractivity contribution is 0.581. The molecule has 2 N–H and O–H groups in total. The van der Waals surface area contributed by atoms with E-state index in [1.54, 1.807) is 6.33 Å². The maximum absolute atomic E-state index is 6.20. The zero-order valence-electron chi connectivity index (χ0n) is 10.6. The third-order valence-corrected chi connectivity index (χ3v) is 3.43. The van der Waals surface area contributed by atoms with Gasteiger partial charge in [0.05, 0.1) is 0 Å². The second-order valence-corrected chi connectivity index (χ2v) is 4.72. The van der Waals surface area contributed by atoms with Gasteiger partial charge in [0.15, 0.2) is 0 Å². The topological polar surface area (TPSA) is 56.7 Å². The van der Waals surface area contributed by atoms with E-state index in [4.69, 9.17) is 17.3 Å². The molecule has 1 aromatic heterocycles. The lowest BCUT2D eigenvalue weighted by atomic mass is 10.0. The predicted octanol–water partition coefficient (Wildman–Crippen LogP) is 2.50. The molecule has 0 amide bonds. The van der Waals surface area contributed by atoms with Gasteiger partial charge in [0, 0.05) is 24.0 Å². The van der Waals surface area contributed by atoms with Gasteiger partial charge in [0.1, 0.15) is 12.2 Å². The SMILES string of the molecule is CCn1ncnc1CC(N)c1ccc(Cl)c(C)c1. The molecule has 4 nitrogen and oxygen atoms in total. The minimum Gasteiger partial charge on any atom is -0.324 e. The van der Waals surface area contributed by atoms with Crippen molar-refractivity contribution in [1.82, 2.24) is 14.8 Å². The Kier molecular flexibility index (Phi) is 3.99. The number of benzene rings is 1. The highest BCUT2D eigenvalue weighted by Gasteiger charge is 2.12. The zero-order valence-corrected chi connectivity index (χ0v) is 11.4. The van der Waals surface area contributed by atoms with E-state index in [1.165, 1.54) is 0 Å². The van der Waals surface area contributed by atoms with E-state index in [0.29, 0.717) is 6.42 Å². The number of aromatic nitrogens is 3. The molecule has 0 spiro atoms. The van der Waals surface area contributed by atoms with Gasteiger partial charge >= 0.3 is 0 Å². The first-order valence-corrected chi connectivity index (χ1v) is 6.38. The lowest BCUT2D eigenvalue weighted by Gasteiger charge is -2.13. The number of hydrogen-bond acceptors (Lipinski definition) is 3. The fraction of sp³-hybridized carbons (Fsp3) is 0.385. The van der Waals surface area contributed by atoms with E-state index in [0.717, 1.165) is 28.5 Å². The third-order valence-electron chi connectivity index (χ3n) is 3.01. The molecule has 0 saturated carbocycles. The van der Waals surface area contributed by atoms with Crippen molar-refractivity contribution in [2.24, 2.45) is 5.73 Å². The van der Waals surface area contributed by atoms with Gasteiger partial charge in [-0.3, -0.25) is 4.68 Å². The summed E-state index contributed by atoms with van der Waals surface area (Å²) in [7, 11) is 0. The van der Waals surface area contributed by atoms with E-state index in [-0.39, 0.29) is 6.04 Å². The molecule has 5 heteroatoms. The fourth-order valence-corrected chi connectivity index (χ4v) is 2.04. The summed E-state index contributed by atoms with van der Waals surface area (Å²) in [4.78, 5) is 4.24. The van der Waals surface area contributed by atoms with Gasteiger partial charge in [-0.25, -0.2) is 4.98 Å². The fourth-order valence-electron chi connectivity index (χ4n) is 1.92. The molecule has 0 radical (unpaired) electrons. The van der Waals surface area contributed by atoms with Crippen molar-refractivity contribution in [3.63, 3.8) is 0 Å². The number of halogens is 1. The van der Waals surface area contributed by atoms with Gasteiger partial charge in [-0.1, -0.05) is 23.7 Å². The third kappa shape index (κ3) is 2.71. The van der Waals surface area contributed by atoms with E-state index in [1.807, 2.05) is 36.7 Å². The van der Waals surface area contributed by atoms with Gasteiger partial charge in [0.2, 0.25) is 0 Å². The predicted molar refractivity (Wildman–Crippen MR) is 72.5 cm³/mol. The highest BCUT2D eigenvalue weighted by Crippen LogP contribution is 2.21. The molecule has 1 atom stereocenters. The largest absolute Gasteiger partial charge is 0.324 e. The van der Waals surface area contributed by atoms with Crippen LogP contribution in [0.5, 0.6) is 0 Å². The van der Waals surface area contributed by atoms with Crippen LogP contribution in [-0.2, 0) is 13.0 Å². The number of rotatable bonds is 4. The Morgan fingerprint density at radius 2 is 2.22 bits per heavy atom. The molecule has 0 fully saturated rings. The monoisotopic (exact) mass is 264 g/mol. The number of nitrogens with two attached hydrogens (primary N) is 1. The summed E-state index contributed by atoms with van der Waals surface area (Å²) in [5.74, 6) is 0.914. The summed E-state index contributed by atoms with van der Waals surface area (Å²) in [5, 5.41) is 4.91. The van der Waals surface area contributed by atoms with Crippen LogP contribution in [0.3, 0.4) is 0 Å². The van der Waals surface area contributed by atoms with Crippen molar-refractivity contribution in [3.05, 3.63) is 46.5 Å². The van der Waals surface area contributed by atoms with Crippen LogP contribution < -0.4 is 5.73 Å². The Morgan fingerprint density at radius 3 is 2.89 bits per heavy atom. The minimum atomic E-state index is -0.0875. The van der Waals surface area contributed by atoms with Crippen LogP contribution in [-0.4, -0.2) is 14.8 Å². The molecule has 0 bridgehead atoms. The smallest absolute Gasteiger partial charge is 0.138 e. The second kappa shape index (κ2) is 5.50. The minimum absolute atomic E-state index is 0.0875. The van der Waals surface area contributed by atoms with Gasteiger partial charge in [-0.2, -0.15) is 5.10 Å². The van der Waals surface area contributed by atoms with Crippen LogP contribution in [0.1, 0.15) is 29.9 Å². The molecule has 0 aliphatic carbocycles. The van der Waals surface area contributed by atoms with Crippen molar-refractivity contribution in [3.8, 4) is 0 Å². The molecule has 2 aromatic rings. The Bertz CT molecular complexity index is 536. The highest BCUT2D eigenvalue weighted by molar-refractivity contribution is 6.31. The summed E-state index contributed by atoms with van der Waals surface area (Å²) < 4.78 is 1.86. The van der Waals surface area contributed by atoms with Crippen LogP contribution >= 0.6 is 11.6 Å². The molecule has 18 heavy (non-hydrogen) atoms. The Balaban J connectivity index is 2.16. The van der Waals surface area contributed by atoms with Gasteiger partial charge in [-0.05, 0) is 31.0 Å². The summed E-state index contributed by atoms with van der Waals surface area (Å²) in [6, 6.07) is 5.79.